The molecule has 2 atom stereocenters. The number of carbonyl (C=O) groups excluding carboxylic acids is 2. The second-order valence-electron chi connectivity index (χ2n) is 11.2. The maximum absolute atomic E-state index is 13.9. The lowest BCUT2D eigenvalue weighted by atomic mass is 9.92. The number of halogens is 3. The number of aliphatic hydroxyl groups excluding tert-OH is 1. The van der Waals surface area contributed by atoms with Gasteiger partial charge in [0.15, 0.2) is 11.6 Å². The van der Waals surface area contributed by atoms with E-state index in [0.717, 1.165) is 29.0 Å². The lowest BCUT2D eigenvalue weighted by molar-refractivity contribution is 0.0699. The Morgan fingerprint density at radius 1 is 1.00 bits per heavy atom. The highest BCUT2D eigenvalue weighted by atomic mass is 32.1. The number of rotatable bonds is 8. The van der Waals surface area contributed by atoms with Crippen molar-refractivity contribution in [2.24, 2.45) is 0 Å². The average Bonchev–Trinajstić information content (AvgIpc) is 3.84. The Hall–Kier alpha value is -4.88. The molecule has 7 rings (SSSR count). The Bertz CT molecular complexity index is 1990. The zero-order valence-electron chi connectivity index (χ0n) is 24.4. The number of thiophene rings is 1. The van der Waals surface area contributed by atoms with Crippen molar-refractivity contribution in [1.29, 1.82) is 0 Å². The summed E-state index contributed by atoms with van der Waals surface area (Å²) in [5.74, 6) is -2.62. The first kappa shape index (κ1) is 29.8. The molecule has 0 spiro atoms. The number of amides is 2. The van der Waals surface area contributed by atoms with E-state index in [9.17, 15) is 27.9 Å². The minimum Gasteiger partial charge on any atom is -0.421 e. The van der Waals surface area contributed by atoms with Crippen LogP contribution in [-0.4, -0.2) is 49.7 Å². The third-order valence-electron chi connectivity index (χ3n) is 8.24. The number of nitrogens with one attached hydrogen (secondary N) is 1. The number of pyridine rings is 1. The van der Waals surface area contributed by atoms with Gasteiger partial charge in [0.25, 0.3) is 11.8 Å². The fourth-order valence-corrected chi connectivity index (χ4v) is 7.02. The normalized spacial score (nSPS) is 17.0. The molecule has 9 nitrogen and oxygen atoms in total. The Morgan fingerprint density at radius 3 is 2.52 bits per heavy atom. The molecule has 234 valence electrons. The van der Waals surface area contributed by atoms with Crippen LogP contribution in [0.2, 0.25) is 0 Å². The molecule has 2 aliphatic heterocycles. The Labute approximate surface area is 264 Å². The number of nitrogens with zero attached hydrogens (tertiary/aromatic N) is 4. The quantitative estimate of drug-likeness (QED) is 0.227. The van der Waals surface area contributed by atoms with Gasteiger partial charge in [-0.25, -0.2) is 13.2 Å². The van der Waals surface area contributed by atoms with Crippen molar-refractivity contribution in [2.75, 3.05) is 6.54 Å². The van der Waals surface area contributed by atoms with Crippen molar-refractivity contribution in [3.05, 3.63) is 111 Å². The van der Waals surface area contributed by atoms with E-state index in [0.29, 0.717) is 75.1 Å². The molecule has 0 bridgehead atoms. The van der Waals surface area contributed by atoms with Gasteiger partial charge in [0, 0.05) is 30.5 Å². The van der Waals surface area contributed by atoms with E-state index in [1.54, 1.807) is 36.1 Å². The molecule has 0 unspecified atom stereocenters. The minimum atomic E-state index is -1.01. The third-order valence-corrected chi connectivity index (χ3v) is 9.34. The molecule has 1 saturated heterocycles. The van der Waals surface area contributed by atoms with Crippen molar-refractivity contribution in [1.82, 2.24) is 25.4 Å². The van der Waals surface area contributed by atoms with Crippen LogP contribution in [0.3, 0.4) is 0 Å². The maximum atomic E-state index is 13.9. The summed E-state index contributed by atoms with van der Waals surface area (Å²) in [6, 6.07) is 12.3. The number of hydrogen-bond acceptors (Lipinski definition) is 8. The van der Waals surface area contributed by atoms with E-state index in [1.165, 1.54) is 18.2 Å². The molecule has 2 aromatic carbocycles. The van der Waals surface area contributed by atoms with Gasteiger partial charge in [0.1, 0.15) is 11.9 Å². The number of carbonyl (C=O) groups is 2. The van der Waals surface area contributed by atoms with Crippen LogP contribution in [0.4, 0.5) is 13.2 Å². The molecular formula is C33H26F3N5O4S. The summed E-state index contributed by atoms with van der Waals surface area (Å²) in [6.07, 6.45) is 0.475. The van der Waals surface area contributed by atoms with Crippen LogP contribution in [0.1, 0.15) is 60.9 Å². The molecule has 13 heteroatoms. The second kappa shape index (κ2) is 11.8. The number of aliphatic hydroxyl groups is 1. The number of hydrogen-bond donors (Lipinski definition) is 2. The average molecular weight is 646 g/mol. The topological polar surface area (TPSA) is 121 Å². The third kappa shape index (κ3) is 5.35. The summed E-state index contributed by atoms with van der Waals surface area (Å²) >= 11 is 1.13. The SMILES string of the molecule is Cc1nnc(-c2c(CCc3ccc(F)cc3)nc3c(c2-c2ccc(C(=O)NCc4ccc(F)c(F)c4)s2)C(=O)N2CC[C@H](O)[C@H]32)o1. The zero-order valence-corrected chi connectivity index (χ0v) is 25.2. The Balaban J connectivity index is 1.32. The molecule has 0 radical (unpaired) electrons. The summed E-state index contributed by atoms with van der Waals surface area (Å²) in [6.45, 7) is 1.98. The van der Waals surface area contributed by atoms with Gasteiger partial charge in [-0.2, -0.15) is 0 Å². The molecule has 2 N–H and O–H groups in total. The van der Waals surface area contributed by atoms with Gasteiger partial charge in [0.05, 0.1) is 33.5 Å². The molecule has 2 aliphatic rings. The minimum absolute atomic E-state index is 0.0268. The van der Waals surface area contributed by atoms with E-state index >= 15 is 0 Å². The highest BCUT2D eigenvalue weighted by Crippen LogP contribution is 2.49. The Kier molecular flexibility index (Phi) is 7.65. The van der Waals surface area contributed by atoms with E-state index in [1.807, 2.05) is 0 Å². The first-order valence-corrected chi connectivity index (χ1v) is 15.4. The summed E-state index contributed by atoms with van der Waals surface area (Å²) in [4.78, 5) is 34.5. The fraction of sp³-hybridized carbons (Fsp3) is 0.242. The van der Waals surface area contributed by atoms with Crippen LogP contribution in [0.25, 0.3) is 21.9 Å². The van der Waals surface area contributed by atoms with Crippen molar-refractivity contribution in [3.63, 3.8) is 0 Å². The number of aryl methyl sites for hydroxylation is 3. The molecule has 5 heterocycles. The highest BCUT2D eigenvalue weighted by Gasteiger charge is 2.49. The van der Waals surface area contributed by atoms with Crippen molar-refractivity contribution in [3.8, 4) is 21.9 Å². The molecule has 46 heavy (non-hydrogen) atoms. The molecular weight excluding hydrogens is 619 g/mol. The van der Waals surface area contributed by atoms with Crippen LogP contribution in [0, 0.1) is 24.4 Å². The Morgan fingerprint density at radius 2 is 1.78 bits per heavy atom. The zero-order chi connectivity index (χ0) is 32.1. The van der Waals surface area contributed by atoms with Gasteiger partial charge in [-0.3, -0.25) is 14.6 Å². The standard InChI is InChI=1S/C33H26F3N5O4S/c1-16-39-40-32(45-16)26-22(9-5-17-2-6-19(34)7-3-17)38-29-28(33(44)41-13-12-23(42)30(29)41)27(26)24-10-11-25(46-24)31(43)37-15-18-4-8-20(35)21(36)14-18/h2-4,6-8,10-11,14,23,30,42H,5,9,12-13,15H2,1H3,(H,37,43)/t23-,30+/m0/s1. The lowest BCUT2D eigenvalue weighted by Gasteiger charge is -2.18. The van der Waals surface area contributed by atoms with Crippen LogP contribution >= 0.6 is 11.3 Å². The van der Waals surface area contributed by atoms with Crippen LogP contribution in [0.15, 0.2) is 59.0 Å². The monoisotopic (exact) mass is 645 g/mol. The summed E-state index contributed by atoms with van der Waals surface area (Å²) < 4.78 is 46.5. The second-order valence-corrected chi connectivity index (χ2v) is 12.3. The van der Waals surface area contributed by atoms with Gasteiger partial charge in [-0.1, -0.05) is 18.2 Å². The maximum Gasteiger partial charge on any atom is 0.261 e. The van der Waals surface area contributed by atoms with Crippen LogP contribution in [0.5, 0.6) is 0 Å². The lowest BCUT2D eigenvalue weighted by Crippen LogP contribution is -2.25. The van der Waals surface area contributed by atoms with Crippen molar-refractivity contribution < 1.29 is 32.3 Å². The molecule has 5 aromatic rings. The van der Waals surface area contributed by atoms with Crippen molar-refractivity contribution in [2.45, 2.75) is 44.9 Å². The van der Waals surface area contributed by atoms with E-state index in [-0.39, 0.29) is 24.2 Å². The molecule has 0 aliphatic carbocycles. The number of aromatic nitrogens is 3. The first-order chi connectivity index (χ1) is 22.2. The first-order valence-electron chi connectivity index (χ1n) is 14.6. The largest absolute Gasteiger partial charge is 0.421 e. The number of benzene rings is 2. The van der Waals surface area contributed by atoms with Gasteiger partial charge >= 0.3 is 0 Å². The van der Waals surface area contributed by atoms with Gasteiger partial charge < -0.3 is 19.7 Å². The van der Waals surface area contributed by atoms with Crippen LogP contribution < -0.4 is 5.32 Å². The van der Waals surface area contributed by atoms with E-state index < -0.39 is 29.7 Å². The summed E-state index contributed by atoms with van der Waals surface area (Å²) in [5.41, 5.74) is 3.47. The fourth-order valence-electron chi connectivity index (χ4n) is 6.04. The van der Waals surface area contributed by atoms with Crippen molar-refractivity contribution >= 4 is 23.2 Å². The smallest absolute Gasteiger partial charge is 0.261 e. The summed E-state index contributed by atoms with van der Waals surface area (Å²) in [7, 11) is 0. The number of fused-ring (bicyclic) bond motifs is 3. The highest BCUT2D eigenvalue weighted by molar-refractivity contribution is 7.17. The van der Waals surface area contributed by atoms with E-state index in [2.05, 4.69) is 15.5 Å². The van der Waals surface area contributed by atoms with Gasteiger partial charge in [-0.15, -0.1) is 21.5 Å². The molecule has 2 amide bonds. The van der Waals surface area contributed by atoms with Gasteiger partial charge in [0.2, 0.25) is 11.8 Å². The predicted octanol–water partition coefficient (Wildman–Crippen LogP) is 5.56. The summed E-state index contributed by atoms with van der Waals surface area (Å²) in [5, 5.41) is 21.9. The van der Waals surface area contributed by atoms with Gasteiger partial charge in [-0.05, 0) is 66.8 Å². The van der Waals surface area contributed by atoms with E-state index in [4.69, 9.17) is 9.40 Å². The predicted molar refractivity (Wildman–Crippen MR) is 161 cm³/mol. The van der Waals surface area contributed by atoms with Crippen LogP contribution in [-0.2, 0) is 19.4 Å². The molecule has 3 aromatic heterocycles. The molecule has 1 fully saturated rings. The molecule has 0 saturated carbocycles.